The van der Waals surface area contributed by atoms with E-state index in [0.29, 0.717) is 4.34 Å². The number of thiophene rings is 2. The van der Waals surface area contributed by atoms with Crippen molar-refractivity contribution in [2.24, 2.45) is 0 Å². The molecule has 2 aromatic rings. The fourth-order valence-electron chi connectivity index (χ4n) is 1.49. The highest BCUT2D eigenvalue weighted by atomic mass is 35.5. The van der Waals surface area contributed by atoms with E-state index in [4.69, 9.17) is 11.6 Å². The summed E-state index contributed by atoms with van der Waals surface area (Å²) in [4.78, 5) is 1.97. The molecule has 2 rings (SSSR count). The van der Waals surface area contributed by atoms with Gasteiger partial charge in [0.1, 0.15) is 0 Å². The van der Waals surface area contributed by atoms with Crippen LogP contribution >= 0.6 is 34.3 Å². The van der Waals surface area contributed by atoms with Crippen LogP contribution in [-0.4, -0.2) is 13.0 Å². The summed E-state index contributed by atoms with van der Waals surface area (Å²) in [7, 11) is 0. The molecule has 1 unspecified atom stereocenters. The van der Waals surface area contributed by atoms with Crippen molar-refractivity contribution in [3.05, 3.63) is 43.7 Å². The first kappa shape index (κ1) is 13.0. The van der Waals surface area contributed by atoms with Crippen LogP contribution in [-0.2, 0) is 0 Å². The zero-order valence-corrected chi connectivity index (χ0v) is 11.1. The van der Waals surface area contributed by atoms with E-state index in [9.17, 15) is 8.78 Å². The molecule has 17 heavy (non-hydrogen) atoms. The first-order valence-corrected chi connectivity index (χ1v) is 7.04. The Hall–Kier alpha value is -0.490. The van der Waals surface area contributed by atoms with Crippen molar-refractivity contribution in [1.82, 2.24) is 5.32 Å². The van der Waals surface area contributed by atoms with Crippen LogP contribution in [0.15, 0.2) is 29.6 Å². The Balaban J connectivity index is 2.18. The van der Waals surface area contributed by atoms with Crippen molar-refractivity contribution in [2.75, 3.05) is 6.54 Å². The number of hydrogen-bond donors (Lipinski definition) is 1. The molecule has 0 aliphatic rings. The van der Waals surface area contributed by atoms with Crippen molar-refractivity contribution >= 4 is 34.3 Å². The Labute approximate surface area is 111 Å². The average Bonchev–Trinajstić information content (AvgIpc) is 2.90. The maximum Gasteiger partial charge on any atom is 0.250 e. The monoisotopic (exact) mass is 293 g/mol. The molecule has 0 saturated heterocycles. The zero-order chi connectivity index (χ0) is 12.3. The standard InChI is InChI=1S/C11H10ClF2NS2/c12-9-4-3-8(17-9)11(15-6-10(13)14)7-2-1-5-16-7/h1-5,10-11,15H,6H2. The summed E-state index contributed by atoms with van der Waals surface area (Å²) in [6.45, 7) is -0.321. The second kappa shape index (κ2) is 5.91. The van der Waals surface area contributed by atoms with Gasteiger partial charge in [-0.1, -0.05) is 17.7 Å². The molecule has 1 atom stereocenters. The van der Waals surface area contributed by atoms with E-state index in [1.165, 1.54) is 11.3 Å². The zero-order valence-electron chi connectivity index (χ0n) is 8.70. The minimum absolute atomic E-state index is 0.193. The van der Waals surface area contributed by atoms with Gasteiger partial charge in [-0.2, -0.15) is 0 Å². The number of rotatable bonds is 5. The number of nitrogens with one attached hydrogen (secondary N) is 1. The Morgan fingerprint density at radius 1 is 1.24 bits per heavy atom. The first-order valence-electron chi connectivity index (χ1n) is 4.97. The number of hydrogen-bond acceptors (Lipinski definition) is 3. The van der Waals surface area contributed by atoms with E-state index in [0.717, 1.165) is 9.75 Å². The minimum Gasteiger partial charge on any atom is -0.299 e. The van der Waals surface area contributed by atoms with Crippen LogP contribution in [0.1, 0.15) is 15.8 Å². The fourth-order valence-corrected chi connectivity index (χ4v) is 3.54. The van der Waals surface area contributed by atoms with Crippen LogP contribution in [0.5, 0.6) is 0 Å². The lowest BCUT2D eigenvalue weighted by Crippen LogP contribution is -2.26. The predicted molar refractivity (Wildman–Crippen MR) is 69.5 cm³/mol. The molecule has 92 valence electrons. The normalized spacial score (nSPS) is 13.2. The lowest BCUT2D eigenvalue weighted by atomic mass is 10.2. The number of alkyl halides is 2. The van der Waals surface area contributed by atoms with Gasteiger partial charge < -0.3 is 0 Å². The lowest BCUT2D eigenvalue weighted by molar-refractivity contribution is 0.143. The Morgan fingerprint density at radius 2 is 2.06 bits per heavy atom. The molecule has 0 fully saturated rings. The van der Waals surface area contributed by atoms with Crippen LogP contribution in [0.25, 0.3) is 0 Å². The van der Waals surface area contributed by atoms with Gasteiger partial charge in [-0.3, -0.25) is 5.32 Å². The van der Waals surface area contributed by atoms with Gasteiger partial charge in [0.15, 0.2) is 0 Å². The van der Waals surface area contributed by atoms with Crippen molar-refractivity contribution < 1.29 is 8.78 Å². The van der Waals surface area contributed by atoms with Gasteiger partial charge in [0.2, 0.25) is 0 Å². The third-order valence-electron chi connectivity index (χ3n) is 2.18. The summed E-state index contributed by atoms with van der Waals surface area (Å²) in [6, 6.07) is 7.30. The lowest BCUT2D eigenvalue weighted by Gasteiger charge is -2.15. The molecule has 0 spiro atoms. The Morgan fingerprint density at radius 3 is 2.59 bits per heavy atom. The molecule has 2 heterocycles. The molecule has 0 radical (unpaired) electrons. The first-order chi connectivity index (χ1) is 8.16. The smallest absolute Gasteiger partial charge is 0.250 e. The van der Waals surface area contributed by atoms with Crippen LogP contribution in [0, 0.1) is 0 Å². The second-order valence-corrected chi connectivity index (χ2v) is 6.12. The van der Waals surface area contributed by atoms with Gasteiger partial charge in [-0.15, -0.1) is 22.7 Å². The van der Waals surface area contributed by atoms with Gasteiger partial charge >= 0.3 is 0 Å². The predicted octanol–water partition coefficient (Wildman–Crippen LogP) is 4.41. The SMILES string of the molecule is FC(F)CNC(c1cccs1)c1ccc(Cl)s1. The van der Waals surface area contributed by atoms with Crippen LogP contribution < -0.4 is 5.32 Å². The second-order valence-electron chi connectivity index (χ2n) is 3.39. The van der Waals surface area contributed by atoms with E-state index < -0.39 is 6.43 Å². The molecule has 0 aliphatic carbocycles. The molecule has 0 aromatic carbocycles. The van der Waals surface area contributed by atoms with Gasteiger partial charge in [0.05, 0.1) is 16.9 Å². The summed E-state index contributed by atoms with van der Waals surface area (Å²) in [5.74, 6) is 0. The third kappa shape index (κ3) is 3.48. The Bertz CT molecular complexity index is 456. The van der Waals surface area contributed by atoms with E-state index in [1.54, 1.807) is 17.4 Å². The molecule has 0 aliphatic heterocycles. The molecule has 0 amide bonds. The quantitative estimate of drug-likeness (QED) is 0.861. The highest BCUT2D eigenvalue weighted by molar-refractivity contribution is 7.16. The third-order valence-corrected chi connectivity index (χ3v) is 4.42. The fraction of sp³-hybridized carbons (Fsp3) is 0.273. The van der Waals surface area contributed by atoms with Crippen LogP contribution in [0.3, 0.4) is 0 Å². The molecule has 1 nitrogen and oxygen atoms in total. The van der Waals surface area contributed by atoms with Gasteiger partial charge in [-0.25, -0.2) is 8.78 Å². The summed E-state index contributed by atoms with van der Waals surface area (Å²) < 4.78 is 25.2. The summed E-state index contributed by atoms with van der Waals surface area (Å²) in [5.41, 5.74) is 0. The molecule has 2 aromatic heterocycles. The highest BCUT2D eigenvalue weighted by Gasteiger charge is 2.18. The molecular weight excluding hydrogens is 284 g/mol. The summed E-state index contributed by atoms with van der Waals surface area (Å²) >= 11 is 8.83. The summed E-state index contributed by atoms with van der Waals surface area (Å²) in [5, 5.41) is 4.80. The molecule has 0 bridgehead atoms. The van der Waals surface area contributed by atoms with Crippen LogP contribution in [0.4, 0.5) is 8.78 Å². The maximum atomic E-state index is 12.3. The van der Waals surface area contributed by atoms with Gasteiger partial charge in [0, 0.05) is 9.75 Å². The van der Waals surface area contributed by atoms with Gasteiger partial charge in [0.25, 0.3) is 6.43 Å². The van der Waals surface area contributed by atoms with E-state index in [-0.39, 0.29) is 12.6 Å². The van der Waals surface area contributed by atoms with Crippen molar-refractivity contribution in [3.63, 3.8) is 0 Å². The Kier molecular flexibility index (Phi) is 4.50. The topological polar surface area (TPSA) is 12.0 Å². The van der Waals surface area contributed by atoms with E-state index in [2.05, 4.69) is 5.32 Å². The van der Waals surface area contributed by atoms with Crippen LogP contribution in [0.2, 0.25) is 4.34 Å². The van der Waals surface area contributed by atoms with Crippen molar-refractivity contribution in [3.8, 4) is 0 Å². The van der Waals surface area contributed by atoms with E-state index in [1.807, 2.05) is 23.6 Å². The highest BCUT2D eigenvalue weighted by Crippen LogP contribution is 2.33. The maximum absolute atomic E-state index is 12.3. The van der Waals surface area contributed by atoms with Crippen molar-refractivity contribution in [2.45, 2.75) is 12.5 Å². The average molecular weight is 294 g/mol. The molecular formula is C11H10ClF2NS2. The summed E-state index contributed by atoms with van der Waals surface area (Å²) in [6.07, 6.45) is -2.35. The largest absolute Gasteiger partial charge is 0.299 e. The van der Waals surface area contributed by atoms with Gasteiger partial charge in [-0.05, 0) is 23.6 Å². The molecule has 0 saturated carbocycles. The molecule has 6 heteroatoms. The molecule has 1 N–H and O–H groups in total. The van der Waals surface area contributed by atoms with Crippen molar-refractivity contribution in [1.29, 1.82) is 0 Å². The minimum atomic E-state index is -2.35. The number of halogens is 3. The van der Waals surface area contributed by atoms with E-state index >= 15 is 0 Å².